The van der Waals surface area contributed by atoms with Crippen LogP contribution in [0.15, 0.2) is 54.6 Å². The van der Waals surface area contributed by atoms with Crippen LogP contribution in [0.2, 0.25) is 0 Å². The predicted octanol–water partition coefficient (Wildman–Crippen LogP) is 2.46. The molecule has 0 unspecified atom stereocenters. The van der Waals surface area contributed by atoms with E-state index in [9.17, 15) is 4.79 Å². The number of hydrogen-bond acceptors (Lipinski definition) is 4. The van der Waals surface area contributed by atoms with E-state index >= 15 is 0 Å². The van der Waals surface area contributed by atoms with E-state index in [0.717, 1.165) is 58.9 Å². The molecule has 2 heterocycles. The lowest BCUT2D eigenvalue weighted by Gasteiger charge is -2.38. The molecule has 2 fully saturated rings. The molecule has 0 N–H and O–H groups in total. The maximum absolute atomic E-state index is 12.8. The predicted molar refractivity (Wildman–Crippen MR) is 118 cm³/mol. The van der Waals surface area contributed by atoms with E-state index in [1.165, 1.54) is 16.8 Å². The highest BCUT2D eigenvalue weighted by Gasteiger charge is 2.25. The van der Waals surface area contributed by atoms with E-state index < -0.39 is 0 Å². The van der Waals surface area contributed by atoms with Crippen LogP contribution in [-0.2, 0) is 11.3 Å². The first-order valence-corrected chi connectivity index (χ1v) is 10.8. The number of hydrogen-bond donors (Lipinski definition) is 0. The Bertz CT molecular complexity index is 794. The van der Waals surface area contributed by atoms with Gasteiger partial charge in [-0.25, -0.2) is 0 Å². The Hall–Kier alpha value is -2.37. The summed E-state index contributed by atoms with van der Waals surface area (Å²) < 4.78 is 0. The van der Waals surface area contributed by atoms with Crippen LogP contribution in [0.1, 0.15) is 11.1 Å². The smallest absolute Gasteiger partial charge is 0.236 e. The van der Waals surface area contributed by atoms with Crippen molar-refractivity contribution in [3.8, 4) is 0 Å². The Morgan fingerprint density at radius 3 is 2.17 bits per heavy atom. The maximum Gasteiger partial charge on any atom is 0.236 e. The lowest BCUT2D eigenvalue weighted by Crippen LogP contribution is -2.53. The normalized spacial score (nSPS) is 18.8. The van der Waals surface area contributed by atoms with E-state index in [1.807, 2.05) is 4.90 Å². The van der Waals surface area contributed by atoms with Crippen molar-refractivity contribution < 1.29 is 4.79 Å². The fourth-order valence-electron chi connectivity index (χ4n) is 4.28. The minimum atomic E-state index is 0.283. The highest BCUT2D eigenvalue weighted by atomic mass is 16.2. The molecule has 0 aliphatic carbocycles. The van der Waals surface area contributed by atoms with Crippen molar-refractivity contribution in [3.05, 3.63) is 65.7 Å². The van der Waals surface area contributed by atoms with Crippen molar-refractivity contribution in [2.45, 2.75) is 13.5 Å². The number of aryl methyl sites for hydroxylation is 1. The molecule has 2 saturated heterocycles. The Kier molecular flexibility index (Phi) is 6.47. The van der Waals surface area contributed by atoms with Gasteiger partial charge >= 0.3 is 0 Å². The van der Waals surface area contributed by atoms with Crippen LogP contribution in [0.25, 0.3) is 0 Å². The van der Waals surface area contributed by atoms with Gasteiger partial charge in [0.2, 0.25) is 5.91 Å². The van der Waals surface area contributed by atoms with Gasteiger partial charge in [0.1, 0.15) is 0 Å². The lowest BCUT2D eigenvalue weighted by atomic mass is 10.2. The second-order valence-corrected chi connectivity index (χ2v) is 8.24. The molecule has 5 heteroatoms. The average Bonchev–Trinajstić information content (AvgIpc) is 2.76. The molecule has 0 atom stereocenters. The van der Waals surface area contributed by atoms with Crippen LogP contribution in [0, 0.1) is 6.92 Å². The van der Waals surface area contributed by atoms with Gasteiger partial charge in [0.05, 0.1) is 6.54 Å². The number of rotatable bonds is 5. The van der Waals surface area contributed by atoms with Gasteiger partial charge in [-0.2, -0.15) is 0 Å². The number of amides is 1. The van der Waals surface area contributed by atoms with Gasteiger partial charge in [-0.15, -0.1) is 0 Å². The molecular formula is C24H32N4O. The van der Waals surface area contributed by atoms with Crippen LogP contribution in [0.3, 0.4) is 0 Å². The highest BCUT2D eigenvalue weighted by Crippen LogP contribution is 2.18. The Morgan fingerprint density at radius 2 is 1.48 bits per heavy atom. The minimum absolute atomic E-state index is 0.283. The summed E-state index contributed by atoms with van der Waals surface area (Å²) in [6, 6.07) is 19.3. The fraction of sp³-hybridized carbons (Fsp3) is 0.458. The molecule has 2 aromatic rings. The molecule has 0 aromatic heterocycles. The molecule has 4 rings (SSSR count). The largest absolute Gasteiger partial charge is 0.368 e. The molecule has 2 aliphatic heterocycles. The van der Waals surface area contributed by atoms with Gasteiger partial charge in [-0.3, -0.25) is 14.6 Å². The summed E-state index contributed by atoms with van der Waals surface area (Å²) in [6.07, 6.45) is 0. The second-order valence-electron chi connectivity index (χ2n) is 8.24. The number of anilines is 1. The van der Waals surface area contributed by atoms with E-state index in [0.29, 0.717) is 6.54 Å². The van der Waals surface area contributed by atoms with E-state index in [-0.39, 0.29) is 5.91 Å². The number of carbonyl (C=O) groups is 1. The second kappa shape index (κ2) is 9.42. The fourth-order valence-corrected chi connectivity index (χ4v) is 4.28. The van der Waals surface area contributed by atoms with Gasteiger partial charge in [-0.1, -0.05) is 42.5 Å². The Morgan fingerprint density at radius 1 is 0.793 bits per heavy atom. The minimum Gasteiger partial charge on any atom is -0.368 e. The van der Waals surface area contributed by atoms with E-state index in [1.54, 1.807) is 0 Å². The maximum atomic E-state index is 12.8. The number of benzene rings is 2. The summed E-state index contributed by atoms with van der Waals surface area (Å²) in [5, 5.41) is 0. The molecule has 0 bridgehead atoms. The van der Waals surface area contributed by atoms with Crippen molar-refractivity contribution in [1.29, 1.82) is 0 Å². The van der Waals surface area contributed by atoms with Crippen LogP contribution in [0.4, 0.5) is 5.69 Å². The standard InChI is InChI=1S/C24H32N4O/c1-21-6-5-9-23(18-21)27-14-16-28(17-15-27)24(29)20-26-12-10-25(11-13-26)19-22-7-3-2-4-8-22/h2-9,18H,10-17,19-20H2,1H3. The van der Waals surface area contributed by atoms with E-state index in [4.69, 9.17) is 0 Å². The number of carbonyl (C=O) groups excluding carboxylic acids is 1. The quantitative estimate of drug-likeness (QED) is 0.782. The molecule has 154 valence electrons. The van der Waals surface area contributed by atoms with Crippen LogP contribution >= 0.6 is 0 Å². The van der Waals surface area contributed by atoms with Crippen LogP contribution in [-0.4, -0.2) is 79.5 Å². The van der Waals surface area contributed by atoms with Crippen LogP contribution in [0.5, 0.6) is 0 Å². The average molecular weight is 393 g/mol. The molecule has 2 aromatic carbocycles. The van der Waals surface area contributed by atoms with Gasteiger partial charge in [-0.05, 0) is 30.2 Å². The molecule has 2 aliphatic rings. The molecule has 0 spiro atoms. The summed E-state index contributed by atoms with van der Waals surface area (Å²) in [4.78, 5) is 22.0. The summed E-state index contributed by atoms with van der Waals surface area (Å²) in [5.41, 5.74) is 3.92. The zero-order chi connectivity index (χ0) is 20.1. The summed E-state index contributed by atoms with van der Waals surface area (Å²) in [5.74, 6) is 0.283. The van der Waals surface area contributed by atoms with Crippen molar-refractivity contribution in [2.24, 2.45) is 0 Å². The Labute approximate surface area is 174 Å². The zero-order valence-corrected chi connectivity index (χ0v) is 17.5. The summed E-state index contributed by atoms with van der Waals surface area (Å²) >= 11 is 0. The Balaban J connectivity index is 1.20. The van der Waals surface area contributed by atoms with Crippen molar-refractivity contribution in [3.63, 3.8) is 0 Å². The van der Waals surface area contributed by atoms with Crippen LogP contribution < -0.4 is 4.90 Å². The topological polar surface area (TPSA) is 30.0 Å². The van der Waals surface area contributed by atoms with Crippen molar-refractivity contribution in [2.75, 3.05) is 63.8 Å². The van der Waals surface area contributed by atoms with Crippen molar-refractivity contribution >= 4 is 11.6 Å². The van der Waals surface area contributed by atoms with Gasteiger partial charge < -0.3 is 9.80 Å². The van der Waals surface area contributed by atoms with E-state index in [2.05, 4.69) is 76.2 Å². The number of nitrogens with zero attached hydrogens (tertiary/aromatic N) is 4. The van der Waals surface area contributed by atoms with Gasteiger partial charge in [0.15, 0.2) is 0 Å². The molecule has 29 heavy (non-hydrogen) atoms. The third kappa shape index (κ3) is 5.37. The molecule has 1 amide bonds. The lowest BCUT2D eigenvalue weighted by molar-refractivity contribution is -0.133. The zero-order valence-electron chi connectivity index (χ0n) is 17.5. The first-order valence-electron chi connectivity index (χ1n) is 10.8. The number of piperazine rings is 2. The first-order chi connectivity index (χ1) is 14.2. The molecule has 5 nitrogen and oxygen atoms in total. The third-order valence-corrected chi connectivity index (χ3v) is 6.07. The molecule has 0 saturated carbocycles. The summed E-state index contributed by atoms with van der Waals surface area (Å²) in [6.45, 7) is 11.2. The first kappa shape index (κ1) is 19.9. The highest BCUT2D eigenvalue weighted by molar-refractivity contribution is 5.78. The molecule has 0 radical (unpaired) electrons. The van der Waals surface area contributed by atoms with Crippen molar-refractivity contribution in [1.82, 2.24) is 14.7 Å². The SMILES string of the molecule is Cc1cccc(N2CCN(C(=O)CN3CCN(Cc4ccccc4)CC3)CC2)c1. The molecular weight excluding hydrogens is 360 g/mol. The third-order valence-electron chi connectivity index (χ3n) is 6.07. The van der Waals surface area contributed by atoms with Gasteiger partial charge in [0.25, 0.3) is 0 Å². The monoisotopic (exact) mass is 392 g/mol. The summed E-state index contributed by atoms with van der Waals surface area (Å²) in [7, 11) is 0. The van der Waals surface area contributed by atoms with Gasteiger partial charge in [0, 0.05) is 64.6 Å².